The number of benzene rings is 2. The second-order valence-electron chi connectivity index (χ2n) is 7.03. The van der Waals surface area contributed by atoms with Crippen molar-refractivity contribution in [2.24, 2.45) is 0 Å². The van der Waals surface area contributed by atoms with Gasteiger partial charge in [0, 0.05) is 21.5 Å². The predicted molar refractivity (Wildman–Crippen MR) is 140 cm³/mol. The molecule has 0 spiro atoms. The number of amides is 1. The molecule has 0 radical (unpaired) electrons. The van der Waals surface area contributed by atoms with Crippen molar-refractivity contribution in [3.8, 4) is 22.6 Å². The molecular formula is C25H23BrClNO5S. The number of rotatable bonds is 8. The Morgan fingerprint density at radius 2 is 1.97 bits per heavy atom. The van der Waals surface area contributed by atoms with E-state index in [2.05, 4.69) is 21.2 Å². The van der Waals surface area contributed by atoms with Crippen molar-refractivity contribution in [2.45, 2.75) is 13.8 Å². The van der Waals surface area contributed by atoms with Crippen LogP contribution in [0.5, 0.6) is 11.5 Å². The SMILES string of the molecule is CCOc1c(Br)cc(/C=C/C(=O)Nc2sc(C)c(-c3cccc(Cl)c3)c2C(=O)OC)cc1OC. The number of carbonyl (C=O) groups excluding carboxylic acids is 2. The number of nitrogens with one attached hydrogen (secondary N) is 1. The Labute approximate surface area is 215 Å². The van der Waals surface area contributed by atoms with E-state index in [1.165, 1.54) is 24.5 Å². The summed E-state index contributed by atoms with van der Waals surface area (Å²) in [6.45, 7) is 4.26. The number of esters is 1. The number of thiophene rings is 1. The van der Waals surface area contributed by atoms with Gasteiger partial charge in [0.15, 0.2) is 11.5 Å². The summed E-state index contributed by atoms with van der Waals surface area (Å²) in [6, 6.07) is 10.8. The van der Waals surface area contributed by atoms with Crippen LogP contribution in [0.2, 0.25) is 5.02 Å². The van der Waals surface area contributed by atoms with Gasteiger partial charge in [-0.3, -0.25) is 4.79 Å². The summed E-state index contributed by atoms with van der Waals surface area (Å²) in [5, 5.41) is 3.76. The number of hydrogen-bond donors (Lipinski definition) is 1. The quantitative estimate of drug-likeness (QED) is 0.236. The first kappa shape index (κ1) is 25.8. The zero-order valence-electron chi connectivity index (χ0n) is 19.0. The Morgan fingerprint density at radius 1 is 1.21 bits per heavy atom. The third-order valence-electron chi connectivity index (χ3n) is 4.79. The van der Waals surface area contributed by atoms with Crippen molar-refractivity contribution < 1.29 is 23.8 Å². The van der Waals surface area contributed by atoms with Crippen LogP contribution in [0.25, 0.3) is 17.2 Å². The van der Waals surface area contributed by atoms with Gasteiger partial charge in [0.05, 0.1) is 25.3 Å². The highest BCUT2D eigenvalue weighted by Gasteiger charge is 2.25. The largest absolute Gasteiger partial charge is 0.493 e. The van der Waals surface area contributed by atoms with Gasteiger partial charge >= 0.3 is 5.97 Å². The van der Waals surface area contributed by atoms with Gasteiger partial charge in [-0.15, -0.1) is 11.3 Å². The second kappa shape index (κ2) is 11.6. The van der Waals surface area contributed by atoms with Crippen LogP contribution in [0.15, 0.2) is 46.9 Å². The van der Waals surface area contributed by atoms with Gasteiger partial charge in [-0.25, -0.2) is 4.79 Å². The fourth-order valence-corrected chi connectivity index (χ4v) is 5.20. The molecule has 6 nitrogen and oxygen atoms in total. The predicted octanol–water partition coefficient (Wildman–Crippen LogP) is 6.99. The molecule has 1 N–H and O–H groups in total. The van der Waals surface area contributed by atoms with Crippen molar-refractivity contribution in [3.05, 3.63) is 68.0 Å². The molecule has 3 aromatic rings. The van der Waals surface area contributed by atoms with Gasteiger partial charge in [-0.2, -0.15) is 0 Å². The van der Waals surface area contributed by atoms with Gasteiger partial charge in [0.1, 0.15) is 10.6 Å². The van der Waals surface area contributed by atoms with Crippen LogP contribution in [-0.4, -0.2) is 32.7 Å². The van der Waals surface area contributed by atoms with Crippen molar-refractivity contribution in [1.29, 1.82) is 0 Å². The Hall–Kier alpha value is -2.81. The average molecular weight is 565 g/mol. The first-order valence-electron chi connectivity index (χ1n) is 10.3. The summed E-state index contributed by atoms with van der Waals surface area (Å²) in [7, 11) is 2.86. The van der Waals surface area contributed by atoms with Gasteiger partial charge in [0.2, 0.25) is 5.91 Å². The standard InChI is InChI=1S/C25H23BrClNO5S/c1-5-33-23-18(26)11-15(12-19(23)31-3)9-10-20(29)28-24-22(25(30)32-4)21(14(2)34-24)16-7-6-8-17(27)13-16/h6-13H,5H2,1-4H3,(H,28,29)/b10-9+. The van der Waals surface area contributed by atoms with E-state index in [4.69, 9.17) is 25.8 Å². The van der Waals surface area contributed by atoms with Crippen LogP contribution < -0.4 is 14.8 Å². The number of halogens is 2. The molecular weight excluding hydrogens is 542 g/mol. The molecule has 0 fully saturated rings. The van der Waals surface area contributed by atoms with Crippen molar-refractivity contribution in [1.82, 2.24) is 0 Å². The minimum absolute atomic E-state index is 0.291. The summed E-state index contributed by atoms with van der Waals surface area (Å²) >= 11 is 10.9. The van der Waals surface area contributed by atoms with E-state index in [-0.39, 0.29) is 0 Å². The number of hydrogen-bond acceptors (Lipinski definition) is 6. The summed E-state index contributed by atoms with van der Waals surface area (Å²) in [5.74, 6) is 0.202. The lowest BCUT2D eigenvalue weighted by Crippen LogP contribution is -2.11. The summed E-state index contributed by atoms with van der Waals surface area (Å²) < 4.78 is 16.7. The molecule has 2 aromatic carbocycles. The fourth-order valence-electron chi connectivity index (χ4n) is 3.37. The Bertz CT molecular complexity index is 1250. The highest BCUT2D eigenvalue weighted by molar-refractivity contribution is 9.10. The van der Waals surface area contributed by atoms with E-state index < -0.39 is 11.9 Å². The van der Waals surface area contributed by atoms with E-state index in [1.54, 1.807) is 37.5 Å². The minimum atomic E-state index is -0.543. The normalized spacial score (nSPS) is 10.9. The summed E-state index contributed by atoms with van der Waals surface area (Å²) in [6.07, 6.45) is 3.03. The molecule has 178 valence electrons. The van der Waals surface area contributed by atoms with E-state index >= 15 is 0 Å². The molecule has 0 atom stereocenters. The molecule has 1 aromatic heterocycles. The molecule has 9 heteroatoms. The van der Waals surface area contributed by atoms with Crippen molar-refractivity contribution in [3.63, 3.8) is 0 Å². The van der Waals surface area contributed by atoms with E-state index in [0.29, 0.717) is 43.7 Å². The van der Waals surface area contributed by atoms with E-state index in [1.807, 2.05) is 26.0 Å². The highest BCUT2D eigenvalue weighted by atomic mass is 79.9. The lowest BCUT2D eigenvalue weighted by Gasteiger charge is -2.12. The number of ether oxygens (including phenoxy) is 3. The van der Waals surface area contributed by atoms with Crippen LogP contribution in [-0.2, 0) is 9.53 Å². The average Bonchev–Trinajstić information content (AvgIpc) is 3.13. The van der Waals surface area contributed by atoms with Crippen LogP contribution in [0.3, 0.4) is 0 Å². The van der Waals surface area contributed by atoms with Crippen LogP contribution >= 0.6 is 38.9 Å². The zero-order chi connectivity index (χ0) is 24.8. The van der Waals surface area contributed by atoms with Crippen LogP contribution in [0, 0.1) is 6.92 Å². The maximum Gasteiger partial charge on any atom is 0.341 e. The Morgan fingerprint density at radius 3 is 2.62 bits per heavy atom. The van der Waals surface area contributed by atoms with Crippen LogP contribution in [0.1, 0.15) is 27.7 Å². The third kappa shape index (κ3) is 5.81. The maximum atomic E-state index is 12.7. The number of anilines is 1. The highest BCUT2D eigenvalue weighted by Crippen LogP contribution is 2.41. The smallest absolute Gasteiger partial charge is 0.341 e. The monoisotopic (exact) mass is 563 g/mol. The molecule has 0 unspecified atom stereocenters. The third-order valence-corrected chi connectivity index (χ3v) is 6.64. The molecule has 0 aliphatic carbocycles. The lowest BCUT2D eigenvalue weighted by atomic mass is 10.0. The topological polar surface area (TPSA) is 73.9 Å². The van der Waals surface area contributed by atoms with Gasteiger partial charge in [-0.1, -0.05) is 23.7 Å². The number of carbonyl (C=O) groups is 2. The number of aryl methyl sites for hydroxylation is 1. The molecule has 0 bridgehead atoms. The number of methoxy groups -OCH3 is 2. The van der Waals surface area contributed by atoms with Gasteiger partial charge < -0.3 is 19.5 Å². The van der Waals surface area contributed by atoms with Gasteiger partial charge in [0.25, 0.3) is 0 Å². The Kier molecular flexibility index (Phi) is 8.77. The minimum Gasteiger partial charge on any atom is -0.493 e. The van der Waals surface area contributed by atoms with E-state index in [0.717, 1.165) is 16.0 Å². The van der Waals surface area contributed by atoms with Crippen LogP contribution in [0.4, 0.5) is 5.00 Å². The zero-order valence-corrected chi connectivity index (χ0v) is 22.2. The van der Waals surface area contributed by atoms with Crippen molar-refractivity contribution >= 4 is 61.8 Å². The molecule has 0 aliphatic rings. The molecule has 1 amide bonds. The first-order chi connectivity index (χ1) is 16.3. The molecule has 3 rings (SSSR count). The lowest BCUT2D eigenvalue weighted by molar-refractivity contribution is -0.111. The molecule has 34 heavy (non-hydrogen) atoms. The summed E-state index contributed by atoms with van der Waals surface area (Å²) in [4.78, 5) is 26.2. The second-order valence-corrected chi connectivity index (χ2v) is 9.54. The Balaban J connectivity index is 1.91. The van der Waals surface area contributed by atoms with E-state index in [9.17, 15) is 9.59 Å². The first-order valence-corrected chi connectivity index (χ1v) is 12.2. The molecule has 0 aliphatic heterocycles. The fraction of sp³-hybridized carbons (Fsp3) is 0.200. The molecule has 0 saturated heterocycles. The molecule has 0 saturated carbocycles. The maximum absolute atomic E-state index is 12.7. The van der Waals surface area contributed by atoms with Gasteiger partial charge in [-0.05, 0) is 71.2 Å². The summed E-state index contributed by atoms with van der Waals surface area (Å²) in [5.41, 5.74) is 2.47. The van der Waals surface area contributed by atoms with Crippen molar-refractivity contribution in [2.75, 3.05) is 26.1 Å². The molecule has 1 heterocycles.